The standard InChI is InChI=1S/C20H23NO3S/c1-2-3-4-7-12-24-18-11-10-15(13-19(20(21)23)25-14-22)16-8-5-6-9-17(16)18/h5-6,8-11,13-14H,2-4,7,12H2,1H3,(H2,21,23)/b19-13-. The van der Waals surface area contributed by atoms with Crippen LogP contribution in [0.1, 0.15) is 38.2 Å². The summed E-state index contributed by atoms with van der Waals surface area (Å²) in [5.74, 6) is 0.213. The van der Waals surface area contributed by atoms with E-state index in [1.54, 1.807) is 6.08 Å². The number of nitrogens with two attached hydrogens (primary N) is 1. The van der Waals surface area contributed by atoms with E-state index in [9.17, 15) is 9.59 Å². The van der Waals surface area contributed by atoms with E-state index >= 15 is 0 Å². The molecule has 0 fully saturated rings. The summed E-state index contributed by atoms with van der Waals surface area (Å²) in [5.41, 5.74) is 6.77. The van der Waals surface area contributed by atoms with E-state index in [2.05, 4.69) is 6.92 Å². The van der Waals surface area contributed by atoms with Crippen LogP contribution in [0.5, 0.6) is 5.75 Å². The van der Waals surface area contributed by atoms with Crippen molar-refractivity contribution >= 4 is 40.1 Å². The molecule has 0 heterocycles. The minimum Gasteiger partial charge on any atom is -0.493 e. The van der Waals surface area contributed by atoms with Crippen molar-refractivity contribution in [3.05, 3.63) is 46.9 Å². The summed E-state index contributed by atoms with van der Waals surface area (Å²) in [4.78, 5) is 22.4. The molecule has 132 valence electrons. The zero-order valence-corrected chi connectivity index (χ0v) is 15.2. The first kappa shape index (κ1) is 19.1. The van der Waals surface area contributed by atoms with Crippen LogP contribution in [0.3, 0.4) is 0 Å². The van der Waals surface area contributed by atoms with Gasteiger partial charge in [-0.2, -0.15) is 0 Å². The van der Waals surface area contributed by atoms with Crippen LogP contribution in [0, 0.1) is 0 Å². The highest BCUT2D eigenvalue weighted by molar-refractivity contribution is 8.16. The molecule has 1 amide bonds. The number of carbonyl (C=O) groups is 2. The Morgan fingerprint density at radius 1 is 1.12 bits per heavy atom. The van der Waals surface area contributed by atoms with Gasteiger partial charge in [0.2, 0.25) is 0 Å². The van der Waals surface area contributed by atoms with E-state index in [4.69, 9.17) is 10.5 Å². The van der Waals surface area contributed by atoms with Crippen molar-refractivity contribution < 1.29 is 14.3 Å². The quantitative estimate of drug-likeness (QED) is 0.385. The second-order valence-electron chi connectivity index (χ2n) is 5.69. The van der Waals surface area contributed by atoms with E-state index in [0.29, 0.717) is 12.2 Å². The van der Waals surface area contributed by atoms with Crippen molar-refractivity contribution in [1.29, 1.82) is 0 Å². The summed E-state index contributed by atoms with van der Waals surface area (Å²) in [5, 5.41) is 1.94. The summed E-state index contributed by atoms with van der Waals surface area (Å²) in [6.07, 6.45) is 6.27. The van der Waals surface area contributed by atoms with Gasteiger partial charge in [-0.25, -0.2) is 0 Å². The second-order valence-corrected chi connectivity index (χ2v) is 6.56. The van der Waals surface area contributed by atoms with E-state index in [1.165, 1.54) is 19.3 Å². The maximum atomic E-state index is 11.5. The second kappa shape index (κ2) is 9.89. The van der Waals surface area contributed by atoms with Gasteiger partial charge in [0, 0.05) is 5.39 Å². The Morgan fingerprint density at radius 2 is 1.88 bits per heavy atom. The monoisotopic (exact) mass is 357 g/mol. The fourth-order valence-corrected chi connectivity index (χ4v) is 3.03. The molecule has 0 saturated carbocycles. The predicted molar refractivity (Wildman–Crippen MR) is 105 cm³/mol. The van der Waals surface area contributed by atoms with Crippen LogP contribution in [-0.4, -0.2) is 18.1 Å². The molecule has 0 bridgehead atoms. The zero-order chi connectivity index (χ0) is 18.1. The Balaban J connectivity index is 2.30. The van der Waals surface area contributed by atoms with Gasteiger partial charge in [-0.3, -0.25) is 9.59 Å². The third kappa shape index (κ3) is 5.36. The number of fused-ring (bicyclic) bond motifs is 1. The third-order valence-electron chi connectivity index (χ3n) is 3.88. The highest BCUT2D eigenvalue weighted by Crippen LogP contribution is 2.31. The largest absolute Gasteiger partial charge is 0.493 e. The number of primary amides is 1. The van der Waals surface area contributed by atoms with Gasteiger partial charge in [-0.05, 0) is 41.3 Å². The molecule has 0 atom stereocenters. The Labute approximate surface area is 152 Å². The van der Waals surface area contributed by atoms with E-state index in [1.807, 2.05) is 36.4 Å². The molecule has 2 aromatic carbocycles. The molecule has 5 heteroatoms. The van der Waals surface area contributed by atoms with Crippen LogP contribution in [-0.2, 0) is 9.59 Å². The number of carbonyl (C=O) groups excluding carboxylic acids is 2. The lowest BCUT2D eigenvalue weighted by molar-refractivity contribution is -0.113. The van der Waals surface area contributed by atoms with Gasteiger partial charge in [0.15, 0.2) is 5.62 Å². The normalized spacial score (nSPS) is 11.5. The van der Waals surface area contributed by atoms with E-state index < -0.39 is 5.91 Å². The molecule has 2 aromatic rings. The third-order valence-corrected chi connectivity index (χ3v) is 4.55. The first-order valence-electron chi connectivity index (χ1n) is 8.43. The Hall–Kier alpha value is -2.27. The topological polar surface area (TPSA) is 69.4 Å². The molecule has 0 aromatic heterocycles. The number of hydrogen-bond acceptors (Lipinski definition) is 4. The molecule has 0 aliphatic carbocycles. The maximum absolute atomic E-state index is 11.5. The Bertz CT molecular complexity index is 771. The molecule has 0 unspecified atom stereocenters. The van der Waals surface area contributed by atoms with Crippen LogP contribution < -0.4 is 10.5 Å². The molecule has 0 radical (unpaired) electrons. The molecule has 2 N–H and O–H groups in total. The summed E-state index contributed by atoms with van der Waals surface area (Å²) in [7, 11) is 0. The number of ether oxygens (including phenoxy) is 1. The Morgan fingerprint density at radius 3 is 2.56 bits per heavy atom. The molecule has 0 spiro atoms. The molecule has 4 nitrogen and oxygen atoms in total. The fraction of sp³-hybridized carbons (Fsp3) is 0.300. The van der Waals surface area contributed by atoms with Crippen molar-refractivity contribution in [2.45, 2.75) is 32.6 Å². The van der Waals surface area contributed by atoms with E-state index in [-0.39, 0.29) is 4.91 Å². The van der Waals surface area contributed by atoms with Crippen LogP contribution >= 0.6 is 11.8 Å². The van der Waals surface area contributed by atoms with Gasteiger partial charge >= 0.3 is 0 Å². The molecular formula is C20H23NO3S. The number of amides is 1. The average molecular weight is 357 g/mol. The highest BCUT2D eigenvalue weighted by Gasteiger charge is 2.09. The van der Waals surface area contributed by atoms with Crippen molar-refractivity contribution in [2.24, 2.45) is 5.73 Å². The van der Waals surface area contributed by atoms with Crippen LogP contribution in [0.15, 0.2) is 41.3 Å². The molecule has 25 heavy (non-hydrogen) atoms. The maximum Gasteiger partial charge on any atom is 0.255 e. The smallest absolute Gasteiger partial charge is 0.255 e. The van der Waals surface area contributed by atoms with Gasteiger partial charge in [-0.1, -0.05) is 56.5 Å². The molecule has 2 rings (SSSR count). The van der Waals surface area contributed by atoms with E-state index in [0.717, 1.165) is 40.3 Å². The summed E-state index contributed by atoms with van der Waals surface area (Å²) < 4.78 is 5.95. The SMILES string of the molecule is CCCCCCOc1ccc(/C=C(\SC=O)C(N)=O)c2ccccc12. The van der Waals surface area contributed by atoms with Gasteiger partial charge < -0.3 is 10.5 Å². The zero-order valence-electron chi connectivity index (χ0n) is 14.4. The highest BCUT2D eigenvalue weighted by atomic mass is 32.2. The first-order valence-corrected chi connectivity index (χ1v) is 9.31. The lowest BCUT2D eigenvalue weighted by Gasteiger charge is -2.11. The number of thioether (sulfide) groups is 1. The first-order chi connectivity index (χ1) is 12.2. The molecule has 0 aliphatic rings. The predicted octanol–water partition coefficient (Wildman–Crippen LogP) is 4.55. The summed E-state index contributed by atoms with van der Waals surface area (Å²) >= 11 is 0.788. The van der Waals surface area contributed by atoms with Crippen LogP contribution in [0.2, 0.25) is 0 Å². The lowest BCUT2D eigenvalue weighted by Crippen LogP contribution is -2.11. The lowest BCUT2D eigenvalue weighted by atomic mass is 10.0. The van der Waals surface area contributed by atoms with Crippen molar-refractivity contribution in [3.63, 3.8) is 0 Å². The fourth-order valence-electron chi connectivity index (χ4n) is 2.61. The number of hydrogen-bond donors (Lipinski definition) is 1. The number of benzene rings is 2. The molecular weight excluding hydrogens is 334 g/mol. The molecule has 0 saturated heterocycles. The van der Waals surface area contributed by atoms with Crippen molar-refractivity contribution in [1.82, 2.24) is 0 Å². The van der Waals surface area contributed by atoms with Gasteiger partial charge in [0.05, 0.1) is 11.5 Å². The minimum atomic E-state index is -0.613. The summed E-state index contributed by atoms with van der Waals surface area (Å²) in [6, 6.07) is 11.6. The number of rotatable bonds is 10. The van der Waals surface area contributed by atoms with Crippen molar-refractivity contribution in [2.75, 3.05) is 6.61 Å². The average Bonchev–Trinajstić information content (AvgIpc) is 2.62. The van der Waals surface area contributed by atoms with Crippen LogP contribution in [0.4, 0.5) is 0 Å². The van der Waals surface area contributed by atoms with Crippen LogP contribution in [0.25, 0.3) is 16.8 Å². The minimum absolute atomic E-state index is 0.216. The molecule has 0 aliphatic heterocycles. The van der Waals surface area contributed by atoms with Gasteiger partial charge in [0.25, 0.3) is 5.91 Å². The van der Waals surface area contributed by atoms with Gasteiger partial charge in [0.1, 0.15) is 5.75 Å². The Kier molecular flexibility index (Phi) is 7.54. The number of unbranched alkanes of at least 4 members (excludes halogenated alkanes) is 3. The summed E-state index contributed by atoms with van der Waals surface area (Å²) in [6.45, 7) is 2.87. The van der Waals surface area contributed by atoms with Crippen molar-refractivity contribution in [3.8, 4) is 5.75 Å². The van der Waals surface area contributed by atoms with Gasteiger partial charge in [-0.15, -0.1) is 0 Å².